The number of nitro benzene ring substituents is 1. The van der Waals surface area contributed by atoms with E-state index in [1.807, 2.05) is 37.4 Å². The summed E-state index contributed by atoms with van der Waals surface area (Å²) >= 11 is 0. The van der Waals surface area contributed by atoms with Crippen molar-refractivity contribution in [1.82, 2.24) is 9.88 Å². The number of nitro groups is 1. The highest BCUT2D eigenvalue weighted by atomic mass is 35.5. The van der Waals surface area contributed by atoms with Gasteiger partial charge in [0.2, 0.25) is 5.91 Å². The number of rotatable bonds is 7. The van der Waals surface area contributed by atoms with Crippen molar-refractivity contribution in [3.8, 4) is 5.75 Å². The number of hydrogen-bond acceptors (Lipinski definition) is 6. The van der Waals surface area contributed by atoms with Crippen molar-refractivity contribution in [3.63, 3.8) is 0 Å². The normalized spacial score (nSPS) is 18.1. The summed E-state index contributed by atoms with van der Waals surface area (Å²) in [5.41, 5.74) is 7.84. The number of benzene rings is 2. The van der Waals surface area contributed by atoms with E-state index in [9.17, 15) is 14.9 Å². The second-order valence-corrected chi connectivity index (χ2v) is 7.79. The minimum absolute atomic E-state index is 0. The molecule has 0 bridgehead atoms. The largest absolute Gasteiger partial charge is 0.468 e. The van der Waals surface area contributed by atoms with Gasteiger partial charge in [0.15, 0.2) is 6.23 Å². The molecule has 0 saturated carbocycles. The Morgan fingerprint density at radius 3 is 2.64 bits per heavy atom. The van der Waals surface area contributed by atoms with Crippen molar-refractivity contribution < 1.29 is 14.5 Å². The number of fused-ring (bicyclic) bond motifs is 1. The first-order valence-corrected chi connectivity index (χ1v) is 10.8. The number of carbonyl (C=O) groups excluding carboxylic acids is 1. The number of carbonyl (C=O) groups is 1. The van der Waals surface area contributed by atoms with E-state index in [1.165, 1.54) is 12.1 Å². The number of aromatic amines is 1. The molecule has 4 rings (SSSR count). The smallest absolute Gasteiger partial charge is 0.269 e. The Labute approximate surface area is 198 Å². The lowest BCUT2D eigenvalue weighted by Gasteiger charge is -2.48. The fourth-order valence-corrected chi connectivity index (χ4v) is 4.28. The lowest BCUT2D eigenvalue weighted by molar-refractivity contribution is -0.384. The Balaban J connectivity index is 0.00000306. The van der Waals surface area contributed by atoms with Gasteiger partial charge in [-0.25, -0.2) is 0 Å². The van der Waals surface area contributed by atoms with Crippen molar-refractivity contribution in [1.29, 1.82) is 0 Å². The molecule has 9 nitrogen and oxygen atoms in total. The maximum absolute atomic E-state index is 12.8. The van der Waals surface area contributed by atoms with Crippen molar-refractivity contribution in [2.45, 2.75) is 32.0 Å². The van der Waals surface area contributed by atoms with Crippen LogP contribution in [0, 0.1) is 10.1 Å². The van der Waals surface area contributed by atoms with Crippen LogP contribution in [0.1, 0.15) is 19.8 Å². The Morgan fingerprint density at radius 2 is 1.97 bits per heavy atom. The number of ether oxygens (including phenoxy) is 1. The number of halogens is 1. The van der Waals surface area contributed by atoms with E-state index in [-0.39, 0.29) is 30.0 Å². The number of nitrogens with one attached hydrogen (secondary N) is 1. The third-order valence-electron chi connectivity index (χ3n) is 5.88. The highest BCUT2D eigenvalue weighted by Crippen LogP contribution is 2.31. The van der Waals surface area contributed by atoms with Gasteiger partial charge in [-0.1, -0.05) is 6.92 Å². The Hall–Kier alpha value is -3.30. The summed E-state index contributed by atoms with van der Waals surface area (Å²) in [6, 6.07) is 14.0. The summed E-state index contributed by atoms with van der Waals surface area (Å²) in [5, 5.41) is 12.1. The van der Waals surface area contributed by atoms with Gasteiger partial charge in [0, 0.05) is 54.4 Å². The highest BCUT2D eigenvalue weighted by molar-refractivity contribution is 5.85. The van der Waals surface area contributed by atoms with Crippen LogP contribution in [0.4, 0.5) is 11.4 Å². The molecule has 0 radical (unpaired) electrons. The molecular formula is C23H28ClN5O4. The summed E-state index contributed by atoms with van der Waals surface area (Å²) in [6.07, 6.45) is 2.31. The molecule has 10 heteroatoms. The van der Waals surface area contributed by atoms with E-state index in [2.05, 4.69) is 9.88 Å². The number of hydrogen-bond donors (Lipinski definition) is 2. The third kappa shape index (κ3) is 5.04. The summed E-state index contributed by atoms with van der Waals surface area (Å²) < 4.78 is 6.43. The van der Waals surface area contributed by atoms with Crippen molar-refractivity contribution in [3.05, 3.63) is 64.8 Å². The zero-order chi connectivity index (χ0) is 22.7. The van der Waals surface area contributed by atoms with Gasteiger partial charge < -0.3 is 25.3 Å². The minimum atomic E-state index is -0.536. The average Bonchev–Trinajstić information content (AvgIpc) is 3.27. The molecule has 33 heavy (non-hydrogen) atoms. The summed E-state index contributed by atoms with van der Waals surface area (Å²) in [7, 11) is 0. The molecule has 1 fully saturated rings. The Kier molecular flexibility index (Phi) is 7.78. The lowest BCUT2D eigenvalue weighted by Crippen LogP contribution is -2.63. The maximum Gasteiger partial charge on any atom is 0.269 e. The van der Waals surface area contributed by atoms with Gasteiger partial charge in [-0.15, -0.1) is 12.4 Å². The molecule has 2 unspecified atom stereocenters. The molecule has 2 heterocycles. The Morgan fingerprint density at radius 1 is 1.21 bits per heavy atom. The van der Waals surface area contributed by atoms with E-state index < -0.39 is 11.2 Å². The molecule has 3 aromatic rings. The van der Waals surface area contributed by atoms with Gasteiger partial charge in [0.05, 0.1) is 11.0 Å². The van der Waals surface area contributed by atoms with Gasteiger partial charge in [-0.3, -0.25) is 14.9 Å². The van der Waals surface area contributed by atoms with Crippen LogP contribution in [0.5, 0.6) is 5.75 Å². The SMILES string of the molecule is CCC(=O)N1CCN(c2ccc([N+](=O)[O-])cc2)C(CCN)C1Oc1ccc2[nH]ccc2c1.Cl. The van der Waals surface area contributed by atoms with Crippen LogP contribution in [0.2, 0.25) is 0 Å². The van der Waals surface area contributed by atoms with Crippen LogP contribution in [-0.4, -0.2) is 52.6 Å². The van der Waals surface area contributed by atoms with E-state index >= 15 is 0 Å². The third-order valence-corrected chi connectivity index (χ3v) is 5.88. The molecule has 1 aromatic heterocycles. The standard InChI is InChI=1S/C23H27N5O4.ClH/c1-2-22(29)27-14-13-26(17-3-5-18(6-4-17)28(30)31)21(9-11-24)23(27)32-19-7-8-20-16(15-19)10-12-25-20;/h3-8,10,12,15,21,23,25H,2,9,11,13-14,24H2,1H3;1H. The molecule has 176 valence electrons. The number of amides is 1. The number of nitrogens with two attached hydrogens (primary N) is 1. The number of anilines is 1. The van der Waals surface area contributed by atoms with Crippen LogP contribution in [0.3, 0.4) is 0 Å². The lowest BCUT2D eigenvalue weighted by atomic mass is 10.0. The second-order valence-electron chi connectivity index (χ2n) is 7.79. The molecule has 1 saturated heterocycles. The number of H-pyrrole nitrogens is 1. The highest BCUT2D eigenvalue weighted by Gasteiger charge is 2.40. The topological polar surface area (TPSA) is 118 Å². The number of non-ortho nitro benzene ring substituents is 1. The monoisotopic (exact) mass is 473 g/mol. The van der Waals surface area contributed by atoms with Crippen molar-refractivity contribution >= 4 is 40.6 Å². The van der Waals surface area contributed by atoms with Crippen molar-refractivity contribution in [2.75, 3.05) is 24.5 Å². The van der Waals surface area contributed by atoms with E-state index in [1.54, 1.807) is 17.0 Å². The van der Waals surface area contributed by atoms with Gasteiger partial charge in [0.1, 0.15) is 5.75 Å². The first-order chi connectivity index (χ1) is 15.5. The molecule has 2 atom stereocenters. The number of nitrogens with zero attached hydrogens (tertiary/aromatic N) is 3. The van der Waals surface area contributed by atoms with Crippen LogP contribution < -0.4 is 15.4 Å². The predicted molar refractivity (Wildman–Crippen MR) is 130 cm³/mol. The average molecular weight is 474 g/mol. The van der Waals surface area contributed by atoms with Crippen molar-refractivity contribution in [2.24, 2.45) is 5.73 Å². The molecule has 1 aliphatic rings. The Bertz CT molecular complexity index is 1100. The summed E-state index contributed by atoms with van der Waals surface area (Å²) in [6.45, 7) is 3.33. The summed E-state index contributed by atoms with van der Waals surface area (Å²) in [4.78, 5) is 30.5. The van der Waals surface area contributed by atoms with Gasteiger partial charge >= 0.3 is 0 Å². The molecule has 3 N–H and O–H groups in total. The zero-order valence-corrected chi connectivity index (χ0v) is 19.2. The van der Waals surface area contributed by atoms with Crippen LogP contribution >= 0.6 is 12.4 Å². The molecule has 0 aliphatic carbocycles. The van der Waals surface area contributed by atoms with E-state index in [0.717, 1.165) is 16.6 Å². The van der Waals surface area contributed by atoms with E-state index in [0.29, 0.717) is 38.2 Å². The number of aromatic nitrogens is 1. The van der Waals surface area contributed by atoms with Gasteiger partial charge in [-0.05, 0) is 49.4 Å². The maximum atomic E-state index is 12.8. The first kappa shape index (κ1) is 24.3. The van der Waals surface area contributed by atoms with Gasteiger partial charge in [-0.2, -0.15) is 0 Å². The molecule has 1 amide bonds. The molecule has 0 spiro atoms. The van der Waals surface area contributed by atoms with E-state index in [4.69, 9.17) is 10.5 Å². The summed E-state index contributed by atoms with van der Waals surface area (Å²) in [5.74, 6) is 0.687. The molecule has 1 aliphatic heterocycles. The quantitative estimate of drug-likeness (QED) is 0.399. The predicted octanol–water partition coefficient (Wildman–Crippen LogP) is 3.68. The molecule has 2 aromatic carbocycles. The van der Waals surface area contributed by atoms with Gasteiger partial charge in [0.25, 0.3) is 5.69 Å². The fourth-order valence-electron chi connectivity index (χ4n) is 4.28. The van der Waals surface area contributed by atoms with Crippen LogP contribution in [0.25, 0.3) is 10.9 Å². The minimum Gasteiger partial charge on any atom is -0.468 e. The zero-order valence-electron chi connectivity index (χ0n) is 18.3. The number of piperazine rings is 1. The van der Waals surface area contributed by atoms with Crippen LogP contribution in [-0.2, 0) is 4.79 Å². The van der Waals surface area contributed by atoms with Crippen LogP contribution in [0.15, 0.2) is 54.7 Å². The first-order valence-electron chi connectivity index (χ1n) is 10.8. The molecular weight excluding hydrogens is 446 g/mol. The fraction of sp³-hybridized carbons (Fsp3) is 0.348. The second kappa shape index (κ2) is 10.5.